The highest BCUT2D eigenvalue weighted by atomic mass is 32.2. The molecule has 176 valence electrons. The second kappa shape index (κ2) is 8.88. The van der Waals surface area contributed by atoms with Crippen LogP contribution in [0, 0.1) is 37.8 Å². The first-order valence-corrected chi connectivity index (χ1v) is 12.5. The number of anilines is 2. The zero-order chi connectivity index (χ0) is 24.6. The number of aryl methyl sites for hydroxylation is 4. The molecule has 4 rings (SSSR count). The Bertz CT molecular complexity index is 1550. The fourth-order valence-corrected chi connectivity index (χ4v) is 5.57. The Kier molecular flexibility index (Phi) is 6.11. The normalized spacial score (nSPS) is 11.9. The molecule has 0 saturated heterocycles. The summed E-state index contributed by atoms with van der Waals surface area (Å²) >= 11 is 1.51. The van der Waals surface area contributed by atoms with E-state index in [2.05, 4.69) is 20.2 Å². The molecule has 0 amide bonds. The molecule has 0 radical (unpaired) electrons. The number of benzene rings is 2. The van der Waals surface area contributed by atoms with Crippen molar-refractivity contribution in [2.45, 2.75) is 32.6 Å². The second-order valence-electron chi connectivity index (χ2n) is 7.81. The van der Waals surface area contributed by atoms with E-state index in [1.54, 1.807) is 19.1 Å². The molecular formula is C22H22N6O4S2. The summed E-state index contributed by atoms with van der Waals surface area (Å²) < 4.78 is 30.2. The van der Waals surface area contributed by atoms with Gasteiger partial charge < -0.3 is 0 Å². The number of rotatable bonds is 7. The quantitative estimate of drug-likeness (QED) is 0.214. The number of nitrogens with zero attached hydrogens (tertiary/aromatic N) is 4. The van der Waals surface area contributed by atoms with Gasteiger partial charge in [-0.25, -0.2) is 13.4 Å². The molecule has 0 saturated carbocycles. The molecule has 10 nitrogen and oxygen atoms in total. The molecule has 4 aromatic rings. The summed E-state index contributed by atoms with van der Waals surface area (Å²) in [7, 11) is -4.04. The molecule has 2 heterocycles. The maximum atomic E-state index is 12.9. The summed E-state index contributed by atoms with van der Waals surface area (Å²) in [5.74, 6) is 0. The zero-order valence-corrected chi connectivity index (χ0v) is 20.5. The SMILES string of the molecule is Cc1ccc(NS(=O)(=O)c2ccc(N/N=C/c3c(C)nc4scc(C)n34)c([N+](=O)[O-])c2)c(C)c1. The van der Waals surface area contributed by atoms with Crippen molar-refractivity contribution in [1.29, 1.82) is 0 Å². The molecule has 0 unspecified atom stereocenters. The van der Waals surface area contributed by atoms with Crippen LogP contribution in [0.1, 0.15) is 28.2 Å². The van der Waals surface area contributed by atoms with E-state index in [4.69, 9.17) is 0 Å². The van der Waals surface area contributed by atoms with Gasteiger partial charge in [0.25, 0.3) is 15.7 Å². The van der Waals surface area contributed by atoms with E-state index in [0.29, 0.717) is 5.69 Å². The molecule has 0 aliphatic rings. The number of imidazole rings is 1. The van der Waals surface area contributed by atoms with Gasteiger partial charge in [0.05, 0.1) is 33.1 Å². The molecule has 12 heteroatoms. The smallest absolute Gasteiger partial charge is 0.286 e. The molecule has 2 aromatic carbocycles. The molecule has 0 aliphatic carbocycles. The molecule has 0 spiro atoms. The lowest BCUT2D eigenvalue weighted by Crippen LogP contribution is -2.14. The van der Waals surface area contributed by atoms with Crippen molar-refractivity contribution in [3.05, 3.63) is 80.1 Å². The summed E-state index contributed by atoms with van der Waals surface area (Å²) in [6, 6.07) is 8.91. The lowest BCUT2D eigenvalue weighted by Gasteiger charge is -2.12. The van der Waals surface area contributed by atoms with Crippen LogP contribution in [0.3, 0.4) is 0 Å². The average molecular weight is 499 g/mol. The van der Waals surface area contributed by atoms with Crippen molar-refractivity contribution in [3.63, 3.8) is 0 Å². The minimum Gasteiger partial charge on any atom is -0.286 e. The number of hydrazone groups is 1. The Hall–Kier alpha value is -3.77. The Morgan fingerprint density at radius 1 is 1.12 bits per heavy atom. The van der Waals surface area contributed by atoms with Crippen molar-refractivity contribution in [1.82, 2.24) is 9.38 Å². The highest BCUT2D eigenvalue weighted by molar-refractivity contribution is 7.92. The van der Waals surface area contributed by atoms with Crippen LogP contribution in [0.4, 0.5) is 17.1 Å². The number of aromatic nitrogens is 2. The number of sulfonamides is 1. The van der Waals surface area contributed by atoms with Gasteiger partial charge >= 0.3 is 0 Å². The zero-order valence-electron chi connectivity index (χ0n) is 18.9. The van der Waals surface area contributed by atoms with Gasteiger partial charge in [-0.15, -0.1) is 11.3 Å². The molecule has 0 aliphatic heterocycles. The van der Waals surface area contributed by atoms with Crippen molar-refractivity contribution in [2.75, 3.05) is 10.1 Å². The fourth-order valence-electron chi connectivity index (χ4n) is 3.50. The largest absolute Gasteiger partial charge is 0.295 e. The van der Waals surface area contributed by atoms with Crippen LogP contribution < -0.4 is 10.1 Å². The molecule has 2 N–H and O–H groups in total. The first-order chi connectivity index (χ1) is 16.1. The second-order valence-corrected chi connectivity index (χ2v) is 10.3. The van der Waals surface area contributed by atoms with E-state index in [9.17, 15) is 18.5 Å². The van der Waals surface area contributed by atoms with Gasteiger partial charge in [-0.05, 0) is 51.5 Å². The molecule has 0 fully saturated rings. The van der Waals surface area contributed by atoms with Crippen LogP contribution in [0.25, 0.3) is 4.96 Å². The third-order valence-corrected chi connectivity index (χ3v) is 7.53. The van der Waals surface area contributed by atoms with E-state index >= 15 is 0 Å². The number of fused-ring (bicyclic) bond motifs is 1. The minimum atomic E-state index is -4.04. The number of nitro groups is 1. The highest BCUT2D eigenvalue weighted by Crippen LogP contribution is 2.29. The van der Waals surface area contributed by atoms with Crippen LogP contribution in [0.2, 0.25) is 0 Å². The van der Waals surface area contributed by atoms with E-state index in [0.717, 1.165) is 39.2 Å². The summed E-state index contributed by atoms with van der Waals surface area (Å²) in [6.07, 6.45) is 1.53. The van der Waals surface area contributed by atoms with Gasteiger partial charge in [0, 0.05) is 17.1 Å². The Labute approximate surface area is 200 Å². The number of thiazole rings is 1. The molecule has 34 heavy (non-hydrogen) atoms. The summed E-state index contributed by atoms with van der Waals surface area (Å²) in [4.78, 5) is 16.1. The van der Waals surface area contributed by atoms with E-state index < -0.39 is 20.6 Å². The monoisotopic (exact) mass is 498 g/mol. The molecule has 2 aromatic heterocycles. The third kappa shape index (κ3) is 4.50. The van der Waals surface area contributed by atoms with Gasteiger partial charge in [0.1, 0.15) is 5.69 Å². The van der Waals surface area contributed by atoms with Crippen LogP contribution >= 0.6 is 11.3 Å². The Morgan fingerprint density at radius 3 is 2.56 bits per heavy atom. The van der Waals surface area contributed by atoms with Crippen LogP contribution in [0.5, 0.6) is 0 Å². The predicted octanol–water partition coefficient (Wildman–Crippen LogP) is 4.78. The molecule has 0 atom stereocenters. The van der Waals surface area contributed by atoms with Gasteiger partial charge in [0.15, 0.2) is 4.96 Å². The van der Waals surface area contributed by atoms with Gasteiger partial charge in [-0.3, -0.25) is 24.7 Å². The number of nitrogens with one attached hydrogen (secondary N) is 2. The predicted molar refractivity (Wildman–Crippen MR) is 134 cm³/mol. The van der Waals surface area contributed by atoms with E-state index in [-0.39, 0.29) is 10.6 Å². The highest BCUT2D eigenvalue weighted by Gasteiger charge is 2.22. The van der Waals surface area contributed by atoms with Crippen molar-refractivity contribution in [3.8, 4) is 0 Å². The average Bonchev–Trinajstić information content (AvgIpc) is 3.28. The van der Waals surface area contributed by atoms with Crippen molar-refractivity contribution < 1.29 is 13.3 Å². The lowest BCUT2D eigenvalue weighted by molar-refractivity contribution is -0.384. The summed E-state index contributed by atoms with van der Waals surface area (Å²) in [5, 5.41) is 17.8. The maximum Gasteiger partial charge on any atom is 0.295 e. The molecular weight excluding hydrogens is 476 g/mol. The van der Waals surface area contributed by atoms with Gasteiger partial charge in [-0.1, -0.05) is 17.7 Å². The van der Waals surface area contributed by atoms with Gasteiger partial charge in [0.2, 0.25) is 0 Å². The topological polar surface area (TPSA) is 131 Å². The summed E-state index contributed by atoms with van der Waals surface area (Å²) in [6.45, 7) is 7.49. The maximum absolute atomic E-state index is 12.9. The number of nitro benzene ring substituents is 1. The van der Waals surface area contributed by atoms with Crippen LogP contribution in [-0.2, 0) is 10.0 Å². The summed E-state index contributed by atoms with van der Waals surface area (Å²) in [5.41, 5.74) is 6.97. The fraction of sp³-hybridized carbons (Fsp3) is 0.182. The first-order valence-electron chi connectivity index (χ1n) is 10.2. The van der Waals surface area contributed by atoms with Gasteiger partial charge in [-0.2, -0.15) is 5.10 Å². The Morgan fingerprint density at radius 2 is 1.85 bits per heavy atom. The van der Waals surface area contributed by atoms with E-state index in [1.807, 2.05) is 36.6 Å². The van der Waals surface area contributed by atoms with Crippen molar-refractivity contribution >= 4 is 49.6 Å². The van der Waals surface area contributed by atoms with E-state index in [1.165, 1.54) is 29.7 Å². The van der Waals surface area contributed by atoms with Crippen molar-refractivity contribution in [2.24, 2.45) is 5.10 Å². The van der Waals surface area contributed by atoms with Crippen LogP contribution in [0.15, 0.2) is 51.8 Å². The first kappa shape index (κ1) is 23.4. The number of hydrogen-bond acceptors (Lipinski definition) is 8. The Balaban J connectivity index is 1.61. The van der Waals surface area contributed by atoms with Crippen LogP contribution in [-0.4, -0.2) is 28.9 Å². The number of hydrogen-bond donors (Lipinski definition) is 2. The molecule has 0 bridgehead atoms. The minimum absolute atomic E-state index is 0.0622. The lowest BCUT2D eigenvalue weighted by atomic mass is 10.1. The third-order valence-electron chi connectivity index (χ3n) is 5.23. The standard InChI is InChI=1S/C22H22N6O4S2/c1-13-5-7-18(14(2)9-13)26-34(31,32)17-6-8-19(20(10-17)28(29)30)25-23-11-21-16(4)24-22-27(21)15(3)12-33-22/h5-12,25-26H,1-4H3/b23-11+.